The Labute approximate surface area is 86.6 Å². The second-order valence-electron chi connectivity index (χ2n) is 2.97. The zero-order valence-electron chi connectivity index (χ0n) is 7.95. The largest absolute Gasteiger partial charge is 0.369 e. The van der Waals surface area contributed by atoms with E-state index >= 15 is 0 Å². The van der Waals surface area contributed by atoms with E-state index in [-0.39, 0.29) is 0 Å². The molecule has 0 amide bonds. The molecular weight excluding hydrogens is 230 g/mol. The molecule has 3 nitrogen and oxygen atoms in total. The number of hydrogen-bond donors (Lipinski definition) is 0. The Morgan fingerprint density at radius 1 is 1.46 bits per heavy atom. The Hall–Kier alpha value is -0.900. The van der Waals surface area contributed by atoms with Gasteiger partial charge in [-0.15, -0.1) is 0 Å². The highest BCUT2D eigenvalue weighted by molar-refractivity contribution is 9.10. The lowest BCUT2D eigenvalue weighted by molar-refractivity contribution is 0.643. The molecule has 0 atom stereocenters. The summed E-state index contributed by atoms with van der Waals surface area (Å²) in [6.45, 7) is 1.95. The maximum atomic E-state index is 4.27. The number of pyridine rings is 1. The van der Waals surface area contributed by atoms with Gasteiger partial charge in [-0.2, -0.15) is 0 Å². The van der Waals surface area contributed by atoms with E-state index < -0.39 is 0 Å². The number of rotatable bonds is 2. The maximum Gasteiger partial charge on any atom is 0.168 e. The molecule has 4 heteroatoms. The molecule has 13 heavy (non-hydrogen) atoms. The summed E-state index contributed by atoms with van der Waals surface area (Å²) < 4.78 is 0.913. The topological polar surface area (TPSA) is 28.5 Å². The zero-order valence-corrected chi connectivity index (χ0v) is 9.54. The quantitative estimate of drug-likeness (QED) is 0.588. The summed E-state index contributed by atoms with van der Waals surface area (Å²) in [4.78, 5) is 10.4. The van der Waals surface area contributed by atoms with Gasteiger partial charge in [0.1, 0.15) is 0 Å². The van der Waals surface area contributed by atoms with Gasteiger partial charge in [0.25, 0.3) is 0 Å². The van der Waals surface area contributed by atoms with E-state index in [9.17, 15) is 0 Å². The first-order valence-electron chi connectivity index (χ1n) is 3.93. The molecule has 0 aliphatic carbocycles. The molecule has 1 heterocycles. The van der Waals surface area contributed by atoms with Crippen molar-refractivity contribution in [2.24, 2.45) is 4.99 Å². The molecule has 70 valence electrons. The van der Waals surface area contributed by atoms with Gasteiger partial charge in [0, 0.05) is 19.8 Å². The summed E-state index contributed by atoms with van der Waals surface area (Å²) in [6, 6.07) is 3.89. The van der Waals surface area contributed by atoms with E-state index in [1.807, 2.05) is 38.1 Å². The molecule has 1 aromatic heterocycles. The van der Waals surface area contributed by atoms with Gasteiger partial charge in [-0.25, -0.2) is 9.98 Å². The van der Waals surface area contributed by atoms with Crippen molar-refractivity contribution in [3.8, 4) is 0 Å². The number of nitrogens with zero attached hydrogens (tertiary/aromatic N) is 3. The average molecular weight is 242 g/mol. The number of aliphatic imine (C=N–C) groups is 1. The SMILES string of the molecule is Cc1ccc(Br)c(/N=C/N(C)C)n1. The van der Waals surface area contributed by atoms with E-state index in [0.717, 1.165) is 10.2 Å². The second-order valence-corrected chi connectivity index (χ2v) is 3.82. The monoisotopic (exact) mass is 241 g/mol. The van der Waals surface area contributed by atoms with Crippen LogP contribution in [0.2, 0.25) is 0 Å². The Bertz CT molecular complexity index is 321. The van der Waals surface area contributed by atoms with Crippen LogP contribution in [0.5, 0.6) is 0 Å². The smallest absolute Gasteiger partial charge is 0.168 e. The second kappa shape index (κ2) is 4.37. The summed E-state index contributed by atoms with van der Waals surface area (Å²) >= 11 is 3.39. The molecule has 0 spiro atoms. The summed E-state index contributed by atoms with van der Waals surface area (Å²) in [5, 5.41) is 0. The van der Waals surface area contributed by atoms with E-state index in [2.05, 4.69) is 25.9 Å². The standard InChI is InChI=1S/C9H12BrN3/c1-7-4-5-8(10)9(12-7)11-6-13(2)3/h4-6H,1-3H3/b11-6+. The van der Waals surface area contributed by atoms with Gasteiger partial charge in [0.05, 0.1) is 10.8 Å². The Kier molecular flexibility index (Phi) is 3.42. The van der Waals surface area contributed by atoms with Crippen molar-refractivity contribution in [3.63, 3.8) is 0 Å². The lowest BCUT2D eigenvalue weighted by Crippen LogP contribution is -2.07. The molecule has 0 N–H and O–H groups in total. The number of aryl methyl sites for hydroxylation is 1. The molecule has 0 aliphatic rings. The highest BCUT2D eigenvalue weighted by Gasteiger charge is 1.98. The van der Waals surface area contributed by atoms with Gasteiger partial charge in [-0.3, -0.25) is 0 Å². The summed E-state index contributed by atoms with van der Waals surface area (Å²) in [5.41, 5.74) is 0.967. The molecule has 0 radical (unpaired) electrons. The molecule has 0 fully saturated rings. The van der Waals surface area contributed by atoms with E-state index in [1.165, 1.54) is 0 Å². The Morgan fingerprint density at radius 3 is 2.77 bits per heavy atom. The summed E-state index contributed by atoms with van der Waals surface area (Å²) in [7, 11) is 3.85. The highest BCUT2D eigenvalue weighted by Crippen LogP contribution is 2.22. The predicted molar refractivity (Wildman–Crippen MR) is 58.5 cm³/mol. The van der Waals surface area contributed by atoms with E-state index in [4.69, 9.17) is 0 Å². The zero-order chi connectivity index (χ0) is 9.84. The van der Waals surface area contributed by atoms with Gasteiger partial charge in [-0.1, -0.05) is 0 Å². The molecule has 0 saturated carbocycles. The third-order valence-corrected chi connectivity index (χ3v) is 2.00. The fourth-order valence-corrected chi connectivity index (χ4v) is 1.11. The third kappa shape index (κ3) is 3.14. The van der Waals surface area contributed by atoms with Gasteiger partial charge in [0.15, 0.2) is 5.82 Å². The van der Waals surface area contributed by atoms with Gasteiger partial charge < -0.3 is 4.90 Å². The van der Waals surface area contributed by atoms with Crippen molar-refractivity contribution in [2.75, 3.05) is 14.1 Å². The first-order valence-corrected chi connectivity index (χ1v) is 4.72. The van der Waals surface area contributed by atoms with Crippen molar-refractivity contribution in [3.05, 3.63) is 22.3 Å². The first-order chi connectivity index (χ1) is 6.09. The van der Waals surface area contributed by atoms with Crippen LogP contribution in [0.25, 0.3) is 0 Å². The molecule has 0 unspecified atom stereocenters. The molecule has 0 aliphatic heterocycles. The van der Waals surface area contributed by atoms with Crippen LogP contribution in [-0.2, 0) is 0 Å². The van der Waals surface area contributed by atoms with Gasteiger partial charge in [-0.05, 0) is 35.0 Å². The van der Waals surface area contributed by atoms with E-state index in [0.29, 0.717) is 5.82 Å². The summed E-state index contributed by atoms with van der Waals surface area (Å²) in [6.07, 6.45) is 1.73. The Morgan fingerprint density at radius 2 is 2.15 bits per heavy atom. The number of halogens is 1. The van der Waals surface area contributed by atoms with Gasteiger partial charge in [0.2, 0.25) is 0 Å². The lowest BCUT2D eigenvalue weighted by atomic mass is 10.4. The molecule has 0 aromatic carbocycles. The van der Waals surface area contributed by atoms with Crippen LogP contribution in [0, 0.1) is 6.92 Å². The molecule has 1 aromatic rings. The molecular formula is C9H12BrN3. The maximum absolute atomic E-state index is 4.27. The highest BCUT2D eigenvalue weighted by atomic mass is 79.9. The minimum Gasteiger partial charge on any atom is -0.369 e. The van der Waals surface area contributed by atoms with Crippen molar-refractivity contribution in [2.45, 2.75) is 6.92 Å². The van der Waals surface area contributed by atoms with Crippen LogP contribution in [0.3, 0.4) is 0 Å². The van der Waals surface area contributed by atoms with Crippen molar-refractivity contribution in [1.29, 1.82) is 0 Å². The van der Waals surface area contributed by atoms with Crippen LogP contribution in [0.1, 0.15) is 5.69 Å². The fraction of sp³-hybridized carbons (Fsp3) is 0.333. The van der Waals surface area contributed by atoms with Gasteiger partial charge >= 0.3 is 0 Å². The average Bonchev–Trinajstić information content (AvgIpc) is 2.06. The first kappa shape index (κ1) is 10.2. The Balaban J connectivity index is 2.93. The third-order valence-electron chi connectivity index (χ3n) is 1.38. The van der Waals surface area contributed by atoms with Crippen LogP contribution >= 0.6 is 15.9 Å². The van der Waals surface area contributed by atoms with Crippen LogP contribution in [0.4, 0.5) is 5.82 Å². The molecule has 0 bridgehead atoms. The van der Waals surface area contributed by atoms with Crippen molar-refractivity contribution in [1.82, 2.24) is 9.88 Å². The van der Waals surface area contributed by atoms with Crippen molar-refractivity contribution < 1.29 is 0 Å². The normalized spacial score (nSPS) is 10.8. The minimum absolute atomic E-state index is 0.716. The number of hydrogen-bond acceptors (Lipinski definition) is 2. The number of aromatic nitrogens is 1. The fourth-order valence-electron chi connectivity index (χ4n) is 0.787. The molecule has 0 saturated heterocycles. The minimum atomic E-state index is 0.716. The van der Waals surface area contributed by atoms with Crippen LogP contribution in [-0.4, -0.2) is 30.3 Å². The van der Waals surface area contributed by atoms with Crippen molar-refractivity contribution >= 4 is 28.1 Å². The molecule has 1 rings (SSSR count). The van der Waals surface area contributed by atoms with E-state index in [1.54, 1.807) is 6.34 Å². The summed E-state index contributed by atoms with van der Waals surface area (Å²) in [5.74, 6) is 0.716. The predicted octanol–water partition coefficient (Wildman–Crippen LogP) is 2.37. The lowest BCUT2D eigenvalue weighted by Gasteiger charge is -2.03. The van der Waals surface area contributed by atoms with Crippen LogP contribution in [0.15, 0.2) is 21.6 Å². The van der Waals surface area contributed by atoms with Crippen LogP contribution < -0.4 is 0 Å².